The molecular weight excluding hydrogens is 240 g/mol. The Kier molecular flexibility index (Phi) is 5.02. The average molecular weight is 252 g/mol. The van der Waals surface area contributed by atoms with Gasteiger partial charge in [0.25, 0.3) is 0 Å². The SMILES string of the molecule is CCC(=O)Oc1ccc(C=NNC(N)=S)nc1. The topological polar surface area (TPSA) is 89.6 Å². The standard InChI is InChI=1S/C10H12N4O2S/c1-2-9(15)16-8-4-3-7(12-6-8)5-13-14-10(11)17/h3-6H,2H2,1H3,(H3,11,14,17). The van der Waals surface area contributed by atoms with Crippen LogP contribution in [0, 0.1) is 0 Å². The van der Waals surface area contributed by atoms with E-state index < -0.39 is 0 Å². The van der Waals surface area contributed by atoms with Gasteiger partial charge in [0.15, 0.2) is 5.11 Å². The summed E-state index contributed by atoms with van der Waals surface area (Å²) in [6.45, 7) is 1.72. The lowest BCUT2D eigenvalue weighted by Gasteiger charge is -2.01. The monoisotopic (exact) mass is 252 g/mol. The molecule has 1 heterocycles. The number of pyridine rings is 1. The quantitative estimate of drug-likeness (QED) is 0.352. The normalized spacial score (nSPS) is 10.2. The maximum atomic E-state index is 11.0. The zero-order chi connectivity index (χ0) is 12.7. The lowest BCUT2D eigenvalue weighted by Crippen LogP contribution is -2.24. The van der Waals surface area contributed by atoms with Crippen LogP contribution in [0.3, 0.4) is 0 Å². The van der Waals surface area contributed by atoms with Crippen LogP contribution in [0.1, 0.15) is 19.0 Å². The van der Waals surface area contributed by atoms with Crippen LogP contribution >= 0.6 is 12.2 Å². The number of hydrogen-bond donors (Lipinski definition) is 2. The molecule has 0 aliphatic rings. The van der Waals surface area contributed by atoms with Crippen LogP contribution in [-0.2, 0) is 4.79 Å². The number of hydrazone groups is 1. The minimum Gasteiger partial charge on any atom is -0.425 e. The van der Waals surface area contributed by atoms with Gasteiger partial charge in [0.2, 0.25) is 0 Å². The first-order valence-corrected chi connectivity index (χ1v) is 5.28. The molecule has 90 valence electrons. The summed E-state index contributed by atoms with van der Waals surface area (Å²) in [5.74, 6) is 0.0969. The number of carbonyl (C=O) groups is 1. The lowest BCUT2D eigenvalue weighted by molar-refractivity contribution is -0.134. The zero-order valence-corrected chi connectivity index (χ0v) is 10.0. The van der Waals surface area contributed by atoms with Gasteiger partial charge in [-0.05, 0) is 24.4 Å². The summed E-state index contributed by atoms with van der Waals surface area (Å²) in [5, 5.41) is 3.81. The minimum absolute atomic E-state index is 0.0785. The second kappa shape index (κ2) is 6.54. The van der Waals surface area contributed by atoms with E-state index >= 15 is 0 Å². The Morgan fingerprint density at radius 3 is 3.00 bits per heavy atom. The predicted molar refractivity (Wildman–Crippen MR) is 67.7 cm³/mol. The number of rotatable bonds is 4. The van der Waals surface area contributed by atoms with E-state index in [9.17, 15) is 4.79 Å². The number of carbonyl (C=O) groups excluding carboxylic acids is 1. The molecule has 0 spiro atoms. The van der Waals surface area contributed by atoms with Crippen LogP contribution in [0.2, 0.25) is 0 Å². The zero-order valence-electron chi connectivity index (χ0n) is 9.21. The first-order valence-electron chi connectivity index (χ1n) is 4.87. The molecule has 0 fully saturated rings. The Balaban J connectivity index is 2.58. The van der Waals surface area contributed by atoms with Gasteiger partial charge in [-0.15, -0.1) is 0 Å². The number of nitrogens with two attached hydrogens (primary N) is 1. The fourth-order valence-electron chi connectivity index (χ4n) is 0.894. The third kappa shape index (κ3) is 5.03. The van der Waals surface area contributed by atoms with Crippen molar-refractivity contribution in [3.8, 4) is 5.75 Å². The molecule has 0 saturated carbocycles. The molecule has 0 unspecified atom stereocenters. The van der Waals surface area contributed by atoms with E-state index in [1.807, 2.05) is 0 Å². The molecule has 0 saturated heterocycles. The Hall–Kier alpha value is -2.02. The van der Waals surface area contributed by atoms with Crippen molar-refractivity contribution in [3.63, 3.8) is 0 Å². The molecule has 0 amide bonds. The Labute approximate surface area is 104 Å². The molecule has 0 bridgehead atoms. The molecule has 0 aromatic carbocycles. The van der Waals surface area contributed by atoms with Crippen LogP contribution < -0.4 is 15.9 Å². The largest absolute Gasteiger partial charge is 0.425 e. The molecule has 1 aromatic heterocycles. The van der Waals surface area contributed by atoms with Gasteiger partial charge < -0.3 is 10.5 Å². The Morgan fingerprint density at radius 2 is 2.47 bits per heavy atom. The third-order valence-electron chi connectivity index (χ3n) is 1.65. The minimum atomic E-state index is -0.302. The van der Waals surface area contributed by atoms with Crippen molar-refractivity contribution in [2.75, 3.05) is 0 Å². The van der Waals surface area contributed by atoms with Crippen molar-refractivity contribution < 1.29 is 9.53 Å². The van der Waals surface area contributed by atoms with Gasteiger partial charge in [0.1, 0.15) is 5.75 Å². The molecular formula is C10H12N4O2S. The molecule has 17 heavy (non-hydrogen) atoms. The van der Waals surface area contributed by atoms with Crippen molar-refractivity contribution in [2.24, 2.45) is 10.8 Å². The van der Waals surface area contributed by atoms with E-state index in [1.165, 1.54) is 12.4 Å². The fourth-order valence-corrected chi connectivity index (χ4v) is 0.947. The molecule has 0 atom stereocenters. The number of thiocarbonyl (C=S) groups is 1. The smallest absolute Gasteiger partial charge is 0.310 e. The van der Waals surface area contributed by atoms with Gasteiger partial charge >= 0.3 is 5.97 Å². The van der Waals surface area contributed by atoms with Gasteiger partial charge in [0.05, 0.1) is 18.1 Å². The first kappa shape index (κ1) is 13.0. The van der Waals surface area contributed by atoms with Gasteiger partial charge in [-0.1, -0.05) is 6.92 Å². The number of ether oxygens (including phenoxy) is 1. The van der Waals surface area contributed by atoms with E-state index in [2.05, 4.69) is 27.7 Å². The lowest BCUT2D eigenvalue weighted by atomic mass is 10.3. The summed E-state index contributed by atoms with van der Waals surface area (Å²) in [6.07, 6.45) is 3.21. The molecule has 7 heteroatoms. The summed E-state index contributed by atoms with van der Waals surface area (Å²) >= 11 is 4.57. The second-order valence-electron chi connectivity index (χ2n) is 2.98. The van der Waals surface area contributed by atoms with Crippen LogP contribution in [0.15, 0.2) is 23.4 Å². The van der Waals surface area contributed by atoms with Crippen molar-refractivity contribution in [1.29, 1.82) is 0 Å². The number of nitrogens with one attached hydrogen (secondary N) is 1. The number of hydrogen-bond acceptors (Lipinski definition) is 5. The van der Waals surface area contributed by atoms with Crippen LogP contribution in [0.4, 0.5) is 0 Å². The Bertz CT molecular complexity index is 430. The fraction of sp³-hybridized carbons (Fsp3) is 0.200. The first-order chi connectivity index (χ1) is 8.11. The number of esters is 1. The molecule has 3 N–H and O–H groups in total. The molecule has 1 aromatic rings. The summed E-state index contributed by atoms with van der Waals surface area (Å²) < 4.78 is 4.96. The average Bonchev–Trinajstić information content (AvgIpc) is 2.31. The van der Waals surface area contributed by atoms with Crippen molar-refractivity contribution >= 4 is 29.5 Å². The van der Waals surface area contributed by atoms with E-state index in [4.69, 9.17) is 10.5 Å². The van der Waals surface area contributed by atoms with Crippen LogP contribution in [0.5, 0.6) is 5.75 Å². The highest BCUT2D eigenvalue weighted by molar-refractivity contribution is 7.80. The van der Waals surface area contributed by atoms with E-state index in [-0.39, 0.29) is 11.1 Å². The van der Waals surface area contributed by atoms with Crippen LogP contribution in [-0.4, -0.2) is 22.3 Å². The number of nitrogens with zero attached hydrogens (tertiary/aromatic N) is 2. The summed E-state index contributed by atoms with van der Waals surface area (Å²) in [7, 11) is 0. The highest BCUT2D eigenvalue weighted by Gasteiger charge is 2.01. The van der Waals surface area contributed by atoms with Gasteiger partial charge in [-0.3, -0.25) is 15.2 Å². The third-order valence-corrected chi connectivity index (χ3v) is 1.74. The van der Waals surface area contributed by atoms with Gasteiger partial charge in [-0.25, -0.2) is 0 Å². The van der Waals surface area contributed by atoms with Crippen LogP contribution in [0.25, 0.3) is 0 Å². The number of aromatic nitrogens is 1. The summed E-state index contributed by atoms with van der Waals surface area (Å²) in [5.41, 5.74) is 8.17. The molecule has 6 nitrogen and oxygen atoms in total. The maximum Gasteiger partial charge on any atom is 0.310 e. The Morgan fingerprint density at radius 1 is 1.71 bits per heavy atom. The molecule has 0 aliphatic heterocycles. The summed E-state index contributed by atoms with van der Waals surface area (Å²) in [6, 6.07) is 3.28. The van der Waals surface area contributed by atoms with Gasteiger partial charge in [0, 0.05) is 6.42 Å². The van der Waals surface area contributed by atoms with E-state index in [0.717, 1.165) is 0 Å². The predicted octanol–water partition coefficient (Wildman–Crippen LogP) is 0.564. The molecule has 1 rings (SSSR count). The second-order valence-corrected chi connectivity index (χ2v) is 3.42. The van der Waals surface area contributed by atoms with Crippen molar-refractivity contribution in [3.05, 3.63) is 24.0 Å². The molecule has 0 aliphatic carbocycles. The van der Waals surface area contributed by atoms with E-state index in [0.29, 0.717) is 17.9 Å². The molecule has 0 radical (unpaired) electrons. The van der Waals surface area contributed by atoms with Gasteiger partial charge in [-0.2, -0.15) is 5.10 Å². The van der Waals surface area contributed by atoms with E-state index in [1.54, 1.807) is 19.1 Å². The highest BCUT2D eigenvalue weighted by Crippen LogP contribution is 2.08. The summed E-state index contributed by atoms with van der Waals surface area (Å²) in [4.78, 5) is 15.0. The highest BCUT2D eigenvalue weighted by atomic mass is 32.1. The van der Waals surface area contributed by atoms with Crippen molar-refractivity contribution in [2.45, 2.75) is 13.3 Å². The van der Waals surface area contributed by atoms with Crippen molar-refractivity contribution in [1.82, 2.24) is 10.4 Å². The maximum absolute atomic E-state index is 11.0.